The summed E-state index contributed by atoms with van der Waals surface area (Å²) < 4.78 is 19.3. The van der Waals surface area contributed by atoms with Gasteiger partial charge in [0.1, 0.15) is 5.82 Å². The van der Waals surface area contributed by atoms with Gasteiger partial charge < -0.3 is 32.2 Å². The Bertz CT molecular complexity index is 1220. The van der Waals surface area contributed by atoms with Gasteiger partial charge in [-0.25, -0.2) is 9.18 Å². The number of anilines is 2. The van der Waals surface area contributed by atoms with E-state index < -0.39 is 35.8 Å². The molecule has 7 N–H and O–H groups in total. The summed E-state index contributed by atoms with van der Waals surface area (Å²) in [5.41, 5.74) is 13.1. The predicted molar refractivity (Wildman–Crippen MR) is 143 cm³/mol. The van der Waals surface area contributed by atoms with E-state index >= 15 is 0 Å². The van der Waals surface area contributed by atoms with E-state index in [0.717, 1.165) is 18.1 Å². The van der Waals surface area contributed by atoms with Crippen molar-refractivity contribution in [2.75, 3.05) is 30.4 Å². The molecule has 38 heavy (non-hydrogen) atoms. The van der Waals surface area contributed by atoms with Gasteiger partial charge in [0.25, 0.3) is 0 Å². The highest BCUT2D eigenvalue weighted by Gasteiger charge is 2.44. The van der Waals surface area contributed by atoms with Crippen molar-refractivity contribution in [1.29, 1.82) is 0 Å². The number of nitrogens with one attached hydrogen (secondary N) is 3. The van der Waals surface area contributed by atoms with E-state index in [-0.39, 0.29) is 29.8 Å². The number of aliphatic imine (C=N–C) groups is 1. The Balaban J connectivity index is 1.93. The number of benzene rings is 2. The lowest BCUT2D eigenvalue weighted by molar-refractivity contribution is -0.136. The third kappa shape index (κ3) is 6.90. The van der Waals surface area contributed by atoms with Crippen molar-refractivity contribution in [2.24, 2.45) is 16.5 Å². The van der Waals surface area contributed by atoms with Gasteiger partial charge in [-0.3, -0.25) is 19.5 Å². The van der Waals surface area contributed by atoms with Crippen LogP contribution in [-0.2, 0) is 20.9 Å². The van der Waals surface area contributed by atoms with Gasteiger partial charge in [-0.15, -0.1) is 0 Å². The van der Waals surface area contributed by atoms with Crippen LogP contribution in [0.3, 0.4) is 0 Å². The van der Waals surface area contributed by atoms with Crippen LogP contribution in [-0.4, -0.2) is 50.1 Å². The highest BCUT2D eigenvalue weighted by Crippen LogP contribution is 2.41. The highest BCUT2D eigenvalue weighted by atomic mass is 35.5. The third-order valence-electron chi connectivity index (χ3n) is 5.84. The Labute approximate surface area is 224 Å². The quantitative estimate of drug-likeness (QED) is 0.139. The molecule has 1 aliphatic heterocycles. The maximum Gasteiger partial charge on any atom is 0.414 e. The molecule has 3 amide bonds. The molecule has 0 spiro atoms. The smallest absolute Gasteiger partial charge is 0.414 e. The number of ether oxygens (including phenoxy) is 1. The minimum absolute atomic E-state index is 0.0498. The summed E-state index contributed by atoms with van der Waals surface area (Å²) in [6, 6.07) is 7.38. The Morgan fingerprint density at radius 3 is 2.58 bits per heavy atom. The van der Waals surface area contributed by atoms with Crippen molar-refractivity contribution < 1.29 is 23.5 Å². The molecule has 204 valence electrons. The Kier molecular flexibility index (Phi) is 9.85. The minimum Gasteiger partial charge on any atom is -0.449 e. The fourth-order valence-corrected chi connectivity index (χ4v) is 4.16. The van der Waals surface area contributed by atoms with E-state index in [1.807, 2.05) is 13.0 Å². The number of amides is 3. The molecule has 0 bridgehead atoms. The Hall–Kier alpha value is -3.90. The number of unbranched alkanes of at least 4 members (excludes halogenated alkanes) is 1. The first-order valence-electron chi connectivity index (χ1n) is 12.0. The van der Waals surface area contributed by atoms with Gasteiger partial charge in [-0.2, -0.15) is 0 Å². The van der Waals surface area contributed by atoms with E-state index in [1.54, 1.807) is 19.2 Å². The topological polar surface area (TPSA) is 164 Å². The van der Waals surface area contributed by atoms with Crippen LogP contribution in [0, 0.1) is 5.82 Å². The standard InChI is InChI=1S/C25H31ClFN7O4/c1-3-4-9-38-25(37)34-19-10-14(12-30-2)5-7-16(19)21(20(34)13-31-24(28)29)33-23(36)22(35)32-15-6-8-17(26)18(27)11-15/h5-8,10-11,20-21,30H,3-4,9,12-13H2,1-2H3,(H,32,35)(H,33,36)(H4,28,29,31)/t20-,21+/m1/s1. The number of fused-ring (bicyclic) bond motifs is 1. The van der Waals surface area contributed by atoms with E-state index in [2.05, 4.69) is 20.9 Å². The second-order valence-corrected chi connectivity index (χ2v) is 9.04. The lowest BCUT2D eigenvalue weighted by Gasteiger charge is -2.27. The number of rotatable bonds is 9. The summed E-state index contributed by atoms with van der Waals surface area (Å²) in [5, 5.41) is 7.94. The van der Waals surface area contributed by atoms with Gasteiger partial charge in [-0.05, 0) is 43.3 Å². The van der Waals surface area contributed by atoms with Gasteiger partial charge in [0, 0.05) is 17.8 Å². The molecule has 13 heteroatoms. The first-order chi connectivity index (χ1) is 18.2. The minimum atomic E-state index is -1.04. The Morgan fingerprint density at radius 2 is 1.92 bits per heavy atom. The monoisotopic (exact) mass is 547 g/mol. The highest BCUT2D eigenvalue weighted by molar-refractivity contribution is 6.39. The number of halogens is 2. The summed E-state index contributed by atoms with van der Waals surface area (Å²) in [5.74, 6) is -3.00. The lowest BCUT2D eigenvalue weighted by atomic mass is 10.0. The molecule has 0 radical (unpaired) electrons. The third-order valence-corrected chi connectivity index (χ3v) is 6.14. The summed E-state index contributed by atoms with van der Waals surface area (Å²) in [4.78, 5) is 44.3. The first kappa shape index (κ1) is 28.7. The summed E-state index contributed by atoms with van der Waals surface area (Å²) >= 11 is 5.68. The van der Waals surface area contributed by atoms with Crippen molar-refractivity contribution in [3.63, 3.8) is 0 Å². The van der Waals surface area contributed by atoms with Crippen molar-refractivity contribution in [1.82, 2.24) is 10.6 Å². The molecule has 2 aromatic rings. The molecule has 3 rings (SSSR count). The Morgan fingerprint density at radius 1 is 1.16 bits per heavy atom. The molecule has 0 fully saturated rings. The van der Waals surface area contributed by atoms with Crippen molar-refractivity contribution in [3.05, 3.63) is 58.4 Å². The van der Waals surface area contributed by atoms with Crippen LogP contribution in [0.1, 0.15) is 36.9 Å². The fraction of sp³-hybridized carbons (Fsp3) is 0.360. The molecule has 1 aliphatic rings. The van der Waals surface area contributed by atoms with Crippen LogP contribution in [0.4, 0.5) is 20.6 Å². The van der Waals surface area contributed by atoms with Crippen LogP contribution >= 0.6 is 11.6 Å². The van der Waals surface area contributed by atoms with Crippen molar-refractivity contribution >= 4 is 46.8 Å². The summed E-state index contributed by atoms with van der Waals surface area (Å²) in [6.07, 6.45) is 0.880. The number of carbonyl (C=O) groups is 3. The number of hydrogen-bond acceptors (Lipinski definition) is 6. The van der Waals surface area contributed by atoms with Crippen LogP contribution in [0.15, 0.2) is 41.4 Å². The van der Waals surface area contributed by atoms with Crippen molar-refractivity contribution in [3.8, 4) is 0 Å². The van der Waals surface area contributed by atoms with Crippen molar-refractivity contribution in [2.45, 2.75) is 38.4 Å². The molecule has 0 saturated heterocycles. The van der Waals surface area contributed by atoms with Gasteiger partial charge in [0.2, 0.25) is 0 Å². The van der Waals surface area contributed by atoms with Crippen LogP contribution in [0.25, 0.3) is 0 Å². The molecule has 2 atom stereocenters. The number of guanidine groups is 1. The maximum atomic E-state index is 13.8. The molecule has 0 aliphatic carbocycles. The zero-order valence-corrected chi connectivity index (χ0v) is 21.8. The molecule has 0 aromatic heterocycles. The normalized spacial score (nSPS) is 15.9. The molecule has 11 nitrogen and oxygen atoms in total. The maximum absolute atomic E-state index is 13.8. The molecule has 0 unspecified atom stereocenters. The SMILES string of the molecule is CCCCOC(=O)N1c2cc(CNC)ccc2[C@H](NC(=O)C(=O)Nc2ccc(Cl)c(F)c2)[C@H]1CN=C(N)N. The summed E-state index contributed by atoms with van der Waals surface area (Å²) in [7, 11) is 1.79. The van der Waals surface area contributed by atoms with E-state index in [9.17, 15) is 18.8 Å². The van der Waals surface area contributed by atoms with Gasteiger partial charge in [0.05, 0.1) is 35.9 Å². The number of carbonyl (C=O) groups excluding carboxylic acids is 3. The number of nitrogens with two attached hydrogens (primary N) is 2. The van der Waals surface area contributed by atoms with Gasteiger partial charge >= 0.3 is 17.9 Å². The largest absolute Gasteiger partial charge is 0.449 e. The molecule has 1 heterocycles. The fourth-order valence-electron chi connectivity index (χ4n) is 4.05. The first-order valence-corrected chi connectivity index (χ1v) is 12.4. The summed E-state index contributed by atoms with van der Waals surface area (Å²) in [6.45, 7) is 2.64. The lowest BCUT2D eigenvalue weighted by Crippen LogP contribution is -2.48. The number of nitrogens with zero attached hydrogens (tertiary/aromatic N) is 2. The van der Waals surface area contributed by atoms with Crippen LogP contribution in [0.2, 0.25) is 5.02 Å². The zero-order chi connectivity index (χ0) is 27.8. The second kappa shape index (κ2) is 13.1. The predicted octanol–water partition coefficient (Wildman–Crippen LogP) is 2.39. The van der Waals surface area contributed by atoms with E-state index in [1.165, 1.54) is 17.0 Å². The van der Waals surface area contributed by atoms with Crippen LogP contribution in [0.5, 0.6) is 0 Å². The average molecular weight is 548 g/mol. The second-order valence-electron chi connectivity index (χ2n) is 8.63. The average Bonchev–Trinajstić information content (AvgIpc) is 3.17. The van der Waals surface area contributed by atoms with Gasteiger partial charge in [0.15, 0.2) is 5.96 Å². The molecule has 0 saturated carbocycles. The van der Waals surface area contributed by atoms with E-state index in [4.69, 9.17) is 27.8 Å². The van der Waals surface area contributed by atoms with Gasteiger partial charge in [-0.1, -0.05) is 37.1 Å². The van der Waals surface area contributed by atoms with Crippen LogP contribution < -0.4 is 32.3 Å². The molecular weight excluding hydrogens is 517 g/mol. The molecule has 2 aromatic carbocycles. The molecular formula is C25H31ClFN7O4. The number of hydrogen-bond donors (Lipinski definition) is 5. The zero-order valence-electron chi connectivity index (χ0n) is 21.1. The van der Waals surface area contributed by atoms with E-state index in [0.29, 0.717) is 24.2 Å².